The van der Waals surface area contributed by atoms with Crippen LogP contribution in [0.2, 0.25) is 0 Å². The summed E-state index contributed by atoms with van der Waals surface area (Å²) >= 11 is 9.16. The molecule has 24 rings (SSSR count). The minimum atomic E-state index is -0.439. The average molecular weight is 1830 g/mol. The van der Waals surface area contributed by atoms with Gasteiger partial charge in [0.2, 0.25) is 5.36 Å². The Kier molecular flexibility index (Phi) is 24.2. The summed E-state index contributed by atoms with van der Waals surface area (Å²) in [6.45, 7) is 9.08. The number of ether oxygens (including phenoxy) is 3. The van der Waals surface area contributed by atoms with Crippen molar-refractivity contribution >= 4 is 145 Å². The van der Waals surface area contributed by atoms with Gasteiger partial charge in [-0.1, -0.05) is 74.3 Å². The standard InChI is InChI=1S/C22H19N5O3.C16H13N3O.C16H16N2O.C8H8BrN.C8H6BrN.C8H8IN.C8H9NO.C8H7NO/c28-27(29)17-4-2-16(3-5-17)25-26-21-11-15-8-10-24-20(15)13-22(21)30-18-6-1-14-7-9-23-19(14)12-18;1-3-17-11-7-15-13(5-9(1)11)19-14-6-10-2-4-18-12(10)8-16(14)20-15;1-3-13(9-15-11(1)5-7-17-15)19-14-4-2-12-6-8-18-16(12)10-14;3*9-7-2-1-6-3-4-10-8(6)5-7;2*10-7-2-1-6-3-4-9-8(6)5-7/h1-6,11-13,23-24H,7-10H2;5-8,17H,1-4H2;1-4,9-10,17-18H,5-8H2;1-2,5,10H,3-4H2;1-5,10H;1-2,5,10H,3-4H2;1-2,5,9-10H,3-4H2;1-5,9-10H/p+1. The van der Waals surface area contributed by atoms with Crippen molar-refractivity contribution in [1.82, 2.24) is 9.97 Å². The Bertz CT molecular complexity index is 6040. The number of nitro benzene ring substituents is 1. The summed E-state index contributed by atoms with van der Waals surface area (Å²) in [5.74, 6) is 5.46. The number of rotatable bonds is 7. The Balaban J connectivity index is 0.000000101. The third-order valence-corrected chi connectivity index (χ3v) is 23.4. The quantitative estimate of drug-likeness (QED) is 0.0306. The van der Waals surface area contributed by atoms with Crippen LogP contribution in [0, 0.1) is 13.7 Å². The number of phenolic OH excluding ortho intramolecular Hbond substituents is 2. The van der Waals surface area contributed by atoms with E-state index in [4.69, 9.17) is 29.4 Å². The molecule has 10 aliphatic rings. The lowest BCUT2D eigenvalue weighted by Crippen LogP contribution is -2.73. The predicted molar refractivity (Wildman–Crippen MR) is 490 cm³/mol. The second-order valence-corrected chi connectivity index (χ2v) is 32.9. The number of azo groups is 1. The highest BCUT2D eigenvalue weighted by Crippen LogP contribution is 2.43. The first-order valence-electron chi connectivity index (χ1n) is 40.0. The van der Waals surface area contributed by atoms with Crippen LogP contribution in [-0.4, -0.2) is 84.0 Å². The van der Waals surface area contributed by atoms with E-state index in [9.17, 15) is 10.1 Å². The number of nitro groups is 1. The molecule has 119 heavy (non-hydrogen) atoms. The van der Waals surface area contributed by atoms with E-state index in [1.165, 1.54) is 118 Å². The maximum absolute atomic E-state index is 10.8. The van der Waals surface area contributed by atoms with Crippen LogP contribution < -0.4 is 72.5 Å². The van der Waals surface area contributed by atoms with Gasteiger partial charge in [-0.15, -0.1) is 5.11 Å². The van der Waals surface area contributed by atoms with E-state index >= 15 is 0 Å². The normalized spacial score (nSPS) is 14.2. The Labute approximate surface area is 718 Å². The first-order valence-corrected chi connectivity index (χ1v) is 42.7. The summed E-state index contributed by atoms with van der Waals surface area (Å²) in [6, 6.07) is 70.8. The fourth-order valence-electron chi connectivity index (χ4n) is 15.6. The highest BCUT2D eigenvalue weighted by Gasteiger charge is 2.24. The van der Waals surface area contributed by atoms with Crippen LogP contribution in [-0.2, 0) is 57.8 Å². The summed E-state index contributed by atoms with van der Waals surface area (Å²) in [4.78, 5) is 24.7. The van der Waals surface area contributed by atoms with Crippen LogP contribution in [0.1, 0.15) is 50.1 Å². The number of aromatic nitrogens is 2. The van der Waals surface area contributed by atoms with Gasteiger partial charge in [0.05, 0.1) is 16.7 Å². The van der Waals surface area contributed by atoms with Gasteiger partial charge < -0.3 is 76.9 Å². The van der Waals surface area contributed by atoms with Crippen LogP contribution in [0.3, 0.4) is 0 Å². The van der Waals surface area contributed by atoms with Gasteiger partial charge in [0.25, 0.3) is 5.69 Å². The number of aromatic hydroxyl groups is 2. The van der Waals surface area contributed by atoms with E-state index in [1.807, 2.05) is 73.1 Å². The SMILES string of the molecule is Brc1ccc2c(c1)NCC2.Brc1ccc2cc[nH]c2c1.Ic1ccc2c(c1)NCC2.O=[N+]([O-])c1ccc(N=Nc2cc3c(cc2Oc2ccc4c(c2)NCC4)NCC3)cc1.Oc1ccc2c(c1)NCC2.Oc1ccc2cc[nH]c2c1.c1c2c(cc3c1N=c1cc4c(cc1O3)=[NH+]CC4)NCC2.c1cc2c(cc1Oc1ccc3c(c1)NCC3)NCC2. The molecule has 0 radical (unpaired) electrons. The molecule has 0 atom stereocenters. The largest absolute Gasteiger partial charge is 0.508 e. The number of phenols is 2. The van der Waals surface area contributed by atoms with Crippen LogP contribution in [0.25, 0.3) is 21.8 Å². The van der Waals surface area contributed by atoms with E-state index in [2.05, 4.69) is 231 Å². The van der Waals surface area contributed by atoms with Gasteiger partial charge in [-0.3, -0.25) is 10.1 Å². The number of anilines is 8. The minimum Gasteiger partial charge on any atom is -0.508 e. The first kappa shape index (κ1) is 78.9. The fourth-order valence-corrected chi connectivity index (χ4v) is 16.8. The molecule has 10 aliphatic heterocycles. The van der Waals surface area contributed by atoms with Crippen molar-refractivity contribution in [1.29, 1.82) is 0 Å². The molecular weight excluding hydrogens is 1740 g/mol. The molecule has 25 heteroatoms. The number of aromatic amines is 2. The number of nitrogens with one attached hydrogen (secondary N) is 11. The van der Waals surface area contributed by atoms with Crippen LogP contribution in [0.15, 0.2) is 255 Å². The Morgan fingerprint density at radius 3 is 1.48 bits per heavy atom. The molecule has 0 spiro atoms. The lowest BCUT2D eigenvalue weighted by atomic mass is 10.1. The highest BCUT2D eigenvalue weighted by molar-refractivity contribution is 14.1. The molecule has 12 aromatic carbocycles. The fraction of sp³-hybridized carbons (Fsp3) is 0.191. The van der Waals surface area contributed by atoms with Crippen molar-refractivity contribution in [2.75, 3.05) is 101 Å². The third-order valence-electron chi connectivity index (χ3n) is 21.7. The Morgan fingerprint density at radius 2 is 0.882 bits per heavy atom. The number of halogens is 3. The van der Waals surface area contributed by atoms with Crippen molar-refractivity contribution in [2.24, 2.45) is 15.2 Å². The van der Waals surface area contributed by atoms with E-state index in [1.54, 1.807) is 36.4 Å². The van der Waals surface area contributed by atoms with Crippen molar-refractivity contribution in [3.05, 3.63) is 314 Å². The number of H-pyrrole nitrogens is 2. The summed E-state index contributed by atoms with van der Waals surface area (Å²) < 4.78 is 21.8. The maximum Gasteiger partial charge on any atom is 0.269 e. The number of nitrogens with zero attached hydrogens (tertiary/aromatic N) is 4. The van der Waals surface area contributed by atoms with E-state index in [-0.39, 0.29) is 5.69 Å². The van der Waals surface area contributed by atoms with Crippen LogP contribution in [0.5, 0.6) is 46.0 Å². The average Bonchev–Trinajstić information content (AvgIpc) is 1.78. The van der Waals surface area contributed by atoms with Crippen molar-refractivity contribution < 1.29 is 34.3 Å². The molecule has 0 amide bonds. The highest BCUT2D eigenvalue weighted by atomic mass is 127. The zero-order valence-electron chi connectivity index (χ0n) is 65.0. The number of non-ortho nitro benzene ring substituents is 1. The second-order valence-electron chi connectivity index (χ2n) is 29.8. The van der Waals surface area contributed by atoms with Gasteiger partial charge >= 0.3 is 0 Å². The second kappa shape index (κ2) is 36.5. The molecule has 14 aromatic rings. The van der Waals surface area contributed by atoms with Crippen LogP contribution >= 0.6 is 54.5 Å². The third kappa shape index (κ3) is 19.5. The Morgan fingerprint density at radius 1 is 0.420 bits per heavy atom. The number of benzene rings is 12. The smallest absolute Gasteiger partial charge is 0.269 e. The maximum atomic E-state index is 10.8. The van der Waals surface area contributed by atoms with Gasteiger partial charge in [0.1, 0.15) is 52.0 Å². The van der Waals surface area contributed by atoms with Gasteiger partial charge in [-0.2, -0.15) is 5.11 Å². The molecule has 0 aliphatic carbocycles. The van der Waals surface area contributed by atoms with Gasteiger partial charge in [0.15, 0.2) is 17.2 Å². The van der Waals surface area contributed by atoms with Gasteiger partial charge in [-0.05, 0) is 244 Å². The zero-order valence-corrected chi connectivity index (χ0v) is 70.4. The monoisotopic (exact) mass is 1820 g/mol. The van der Waals surface area contributed by atoms with E-state index < -0.39 is 4.92 Å². The molecular formula is C94H87Br2IN15O7+. The summed E-state index contributed by atoms with van der Waals surface area (Å²) in [5.41, 5.74) is 25.8. The molecule has 0 saturated heterocycles. The molecule has 12 heterocycles. The molecule has 0 saturated carbocycles. The first-order chi connectivity index (χ1) is 58.2. The summed E-state index contributed by atoms with van der Waals surface area (Å²) in [5, 5.41) is 68.7. The Hall–Kier alpha value is -12.6. The number of hydrogen-bond acceptors (Lipinski definition) is 18. The molecule has 0 unspecified atom stereocenters. The van der Waals surface area contributed by atoms with Gasteiger partial charge in [0, 0.05) is 200 Å². The zero-order chi connectivity index (χ0) is 81.1. The van der Waals surface area contributed by atoms with Crippen molar-refractivity contribution in [2.45, 2.75) is 57.8 Å². The van der Waals surface area contributed by atoms with E-state index in [0.717, 1.165) is 186 Å². The summed E-state index contributed by atoms with van der Waals surface area (Å²) in [7, 11) is 0. The predicted octanol–water partition coefficient (Wildman–Crippen LogP) is 20.0. The topological polar surface area (TPSA) is 290 Å². The molecule has 13 N–H and O–H groups in total. The molecule has 0 bridgehead atoms. The van der Waals surface area contributed by atoms with E-state index in [0.29, 0.717) is 28.6 Å². The lowest BCUT2D eigenvalue weighted by Gasteiger charge is -2.15. The van der Waals surface area contributed by atoms with Crippen molar-refractivity contribution in [3.63, 3.8) is 0 Å². The van der Waals surface area contributed by atoms with Crippen molar-refractivity contribution in [3.8, 4) is 46.0 Å². The summed E-state index contributed by atoms with van der Waals surface area (Å²) in [6.07, 6.45) is 13.5. The lowest BCUT2D eigenvalue weighted by molar-refractivity contribution is -0.490. The molecule has 0 fully saturated rings. The van der Waals surface area contributed by atoms with Gasteiger partial charge in [-0.25, -0.2) is 9.98 Å². The number of fused-ring (bicyclic) bond motifs is 13. The van der Waals surface area contributed by atoms with Crippen LogP contribution in [0.4, 0.5) is 68.2 Å². The molecule has 600 valence electrons. The minimum absolute atomic E-state index is 0.0202. The number of hydrogen-bond donors (Lipinski definition) is 13. The molecule has 2 aromatic heterocycles. The molecule has 22 nitrogen and oxygen atoms in total.